The summed E-state index contributed by atoms with van der Waals surface area (Å²) in [6.45, 7) is -0.632. The van der Waals surface area contributed by atoms with Gasteiger partial charge < -0.3 is 20.1 Å². The topological polar surface area (TPSA) is 89.5 Å². The van der Waals surface area contributed by atoms with Crippen LogP contribution in [-0.2, 0) is 9.59 Å². The van der Waals surface area contributed by atoms with Gasteiger partial charge in [-0.1, -0.05) is 23.2 Å². The number of pyridine rings is 1. The molecule has 2 aromatic carbocycles. The third-order valence-corrected chi connectivity index (χ3v) is 4.25. The molecule has 160 valence electrons. The van der Waals surface area contributed by atoms with E-state index >= 15 is 0 Å². The standard InChI is InChI=1S/C21H16Cl2FN3O4/c22-13-1-5-16(6-2-13)30-11-19(28)26-15-9-18(24)21(25-10-15)27-20(29)12-31-17-7-3-14(23)4-8-17/h1-10H,11-12H2,(H,26,28)(H,25,27,29). The van der Waals surface area contributed by atoms with E-state index in [1.54, 1.807) is 48.5 Å². The number of aromatic nitrogens is 1. The molecule has 2 N–H and O–H groups in total. The zero-order chi connectivity index (χ0) is 22.2. The summed E-state index contributed by atoms with van der Waals surface area (Å²) >= 11 is 11.5. The van der Waals surface area contributed by atoms with Gasteiger partial charge in [0, 0.05) is 16.1 Å². The van der Waals surface area contributed by atoms with E-state index in [0.29, 0.717) is 21.5 Å². The van der Waals surface area contributed by atoms with Crippen molar-refractivity contribution in [2.24, 2.45) is 0 Å². The number of ether oxygens (including phenoxy) is 2. The Kier molecular flexibility index (Phi) is 7.64. The van der Waals surface area contributed by atoms with Crippen molar-refractivity contribution < 1.29 is 23.5 Å². The van der Waals surface area contributed by atoms with E-state index < -0.39 is 17.6 Å². The summed E-state index contributed by atoms with van der Waals surface area (Å²) in [5.74, 6) is -1.33. The second kappa shape index (κ2) is 10.6. The molecule has 0 unspecified atom stereocenters. The van der Waals surface area contributed by atoms with Crippen LogP contribution in [0.25, 0.3) is 0 Å². The molecule has 3 aromatic rings. The highest BCUT2D eigenvalue weighted by molar-refractivity contribution is 6.30. The first-order chi connectivity index (χ1) is 14.9. The maximum atomic E-state index is 14.2. The quantitative estimate of drug-likeness (QED) is 0.510. The lowest BCUT2D eigenvalue weighted by Crippen LogP contribution is -2.22. The molecular weight excluding hydrogens is 448 g/mol. The lowest BCUT2D eigenvalue weighted by molar-refractivity contribution is -0.118. The molecule has 0 aliphatic heterocycles. The van der Waals surface area contributed by atoms with E-state index in [1.165, 1.54) is 6.20 Å². The van der Waals surface area contributed by atoms with Crippen molar-refractivity contribution in [2.45, 2.75) is 0 Å². The molecule has 10 heteroatoms. The van der Waals surface area contributed by atoms with Gasteiger partial charge in [-0.3, -0.25) is 9.59 Å². The number of hydrogen-bond acceptors (Lipinski definition) is 5. The Labute approximate surface area is 187 Å². The summed E-state index contributed by atoms with van der Waals surface area (Å²) in [4.78, 5) is 27.7. The molecule has 31 heavy (non-hydrogen) atoms. The number of nitrogens with one attached hydrogen (secondary N) is 2. The van der Waals surface area contributed by atoms with Gasteiger partial charge in [-0.2, -0.15) is 0 Å². The number of rotatable bonds is 8. The average Bonchev–Trinajstić information content (AvgIpc) is 2.75. The van der Waals surface area contributed by atoms with E-state index in [1.807, 2.05) is 0 Å². The molecule has 0 spiro atoms. The number of anilines is 2. The SMILES string of the molecule is O=C(COc1ccc(Cl)cc1)Nc1cnc(NC(=O)COc2ccc(Cl)cc2)c(F)c1. The molecule has 2 amide bonds. The van der Waals surface area contributed by atoms with Crippen LogP contribution in [0.5, 0.6) is 11.5 Å². The first-order valence-electron chi connectivity index (χ1n) is 8.91. The fourth-order valence-corrected chi connectivity index (χ4v) is 2.57. The highest BCUT2D eigenvalue weighted by atomic mass is 35.5. The van der Waals surface area contributed by atoms with Crippen LogP contribution in [-0.4, -0.2) is 30.0 Å². The molecular formula is C21H16Cl2FN3O4. The van der Waals surface area contributed by atoms with Gasteiger partial charge in [-0.05, 0) is 48.5 Å². The lowest BCUT2D eigenvalue weighted by Gasteiger charge is -2.10. The van der Waals surface area contributed by atoms with Gasteiger partial charge in [0.25, 0.3) is 11.8 Å². The van der Waals surface area contributed by atoms with Gasteiger partial charge >= 0.3 is 0 Å². The van der Waals surface area contributed by atoms with E-state index in [-0.39, 0.29) is 24.7 Å². The van der Waals surface area contributed by atoms with Crippen molar-refractivity contribution >= 4 is 46.5 Å². The van der Waals surface area contributed by atoms with Gasteiger partial charge in [-0.15, -0.1) is 0 Å². The lowest BCUT2D eigenvalue weighted by atomic mass is 10.3. The number of nitrogens with zero attached hydrogens (tertiary/aromatic N) is 1. The van der Waals surface area contributed by atoms with Crippen LogP contribution < -0.4 is 20.1 Å². The Bertz CT molecular complexity index is 1060. The van der Waals surface area contributed by atoms with E-state index in [9.17, 15) is 14.0 Å². The number of carbonyl (C=O) groups is 2. The Morgan fingerprint density at radius 1 is 0.839 bits per heavy atom. The molecule has 0 aliphatic rings. The highest BCUT2D eigenvalue weighted by Gasteiger charge is 2.12. The monoisotopic (exact) mass is 463 g/mol. The second-order valence-corrected chi connectivity index (χ2v) is 7.01. The molecule has 0 bridgehead atoms. The Morgan fingerprint density at radius 2 is 1.32 bits per heavy atom. The minimum Gasteiger partial charge on any atom is -0.484 e. The first-order valence-corrected chi connectivity index (χ1v) is 9.66. The third kappa shape index (κ3) is 7.13. The fraction of sp³-hybridized carbons (Fsp3) is 0.0952. The molecule has 3 rings (SSSR count). The summed E-state index contributed by atoms with van der Waals surface area (Å²) < 4.78 is 24.8. The summed E-state index contributed by atoms with van der Waals surface area (Å²) in [6.07, 6.45) is 1.21. The van der Waals surface area contributed by atoms with Crippen LogP contribution in [0.1, 0.15) is 0 Å². The molecule has 1 heterocycles. The van der Waals surface area contributed by atoms with Crippen LogP contribution in [0.15, 0.2) is 60.8 Å². The zero-order valence-electron chi connectivity index (χ0n) is 15.9. The van der Waals surface area contributed by atoms with Crippen LogP contribution >= 0.6 is 23.2 Å². The number of halogens is 3. The molecule has 7 nitrogen and oxygen atoms in total. The number of amides is 2. The highest BCUT2D eigenvalue weighted by Crippen LogP contribution is 2.18. The summed E-state index contributed by atoms with van der Waals surface area (Å²) in [5.41, 5.74) is 0.109. The van der Waals surface area contributed by atoms with Crippen LogP contribution in [0.2, 0.25) is 10.0 Å². The van der Waals surface area contributed by atoms with Crippen LogP contribution in [0, 0.1) is 5.82 Å². The van der Waals surface area contributed by atoms with Crippen molar-refractivity contribution in [1.82, 2.24) is 4.98 Å². The Morgan fingerprint density at radius 3 is 1.81 bits per heavy atom. The maximum Gasteiger partial charge on any atom is 0.263 e. The smallest absolute Gasteiger partial charge is 0.263 e. The molecule has 0 atom stereocenters. The second-order valence-electron chi connectivity index (χ2n) is 6.14. The van der Waals surface area contributed by atoms with Gasteiger partial charge in [0.1, 0.15) is 11.5 Å². The van der Waals surface area contributed by atoms with Crippen LogP contribution in [0.3, 0.4) is 0 Å². The van der Waals surface area contributed by atoms with E-state index in [2.05, 4.69) is 15.6 Å². The van der Waals surface area contributed by atoms with Crippen molar-refractivity contribution in [2.75, 3.05) is 23.8 Å². The van der Waals surface area contributed by atoms with Gasteiger partial charge in [0.05, 0.1) is 11.9 Å². The summed E-state index contributed by atoms with van der Waals surface area (Å²) in [6, 6.07) is 13.9. The van der Waals surface area contributed by atoms with Gasteiger partial charge in [0.2, 0.25) is 0 Å². The number of carbonyl (C=O) groups excluding carboxylic acids is 2. The molecule has 0 radical (unpaired) electrons. The molecule has 0 saturated heterocycles. The molecule has 0 aliphatic carbocycles. The normalized spacial score (nSPS) is 10.3. The van der Waals surface area contributed by atoms with Crippen molar-refractivity contribution in [3.8, 4) is 11.5 Å². The number of hydrogen-bond donors (Lipinski definition) is 2. The van der Waals surface area contributed by atoms with Crippen molar-refractivity contribution in [3.63, 3.8) is 0 Å². The predicted molar refractivity (Wildman–Crippen MR) is 115 cm³/mol. The third-order valence-electron chi connectivity index (χ3n) is 3.75. The van der Waals surface area contributed by atoms with E-state index in [0.717, 1.165) is 6.07 Å². The predicted octanol–water partition coefficient (Wildman–Crippen LogP) is 4.56. The molecule has 0 saturated carbocycles. The van der Waals surface area contributed by atoms with Crippen LogP contribution in [0.4, 0.5) is 15.9 Å². The fourth-order valence-electron chi connectivity index (χ4n) is 2.32. The summed E-state index contributed by atoms with van der Waals surface area (Å²) in [7, 11) is 0. The van der Waals surface area contributed by atoms with Crippen molar-refractivity contribution in [3.05, 3.63) is 76.7 Å². The average molecular weight is 464 g/mol. The Balaban J connectivity index is 1.48. The number of benzene rings is 2. The Hall–Kier alpha value is -3.36. The molecule has 1 aromatic heterocycles. The minimum atomic E-state index is -0.823. The summed E-state index contributed by atoms with van der Waals surface area (Å²) in [5, 5.41) is 5.83. The van der Waals surface area contributed by atoms with Gasteiger partial charge in [-0.25, -0.2) is 9.37 Å². The largest absolute Gasteiger partial charge is 0.484 e. The first kappa shape index (κ1) is 22.3. The van der Waals surface area contributed by atoms with E-state index in [4.69, 9.17) is 32.7 Å². The minimum absolute atomic E-state index is 0.109. The molecule has 0 fully saturated rings. The zero-order valence-corrected chi connectivity index (χ0v) is 17.4. The van der Waals surface area contributed by atoms with Crippen molar-refractivity contribution in [1.29, 1.82) is 0 Å². The maximum absolute atomic E-state index is 14.2. The van der Waals surface area contributed by atoms with Gasteiger partial charge in [0.15, 0.2) is 24.8 Å².